The first-order valence-electron chi connectivity index (χ1n) is 7.69. The molecular formula is C19H16FN3O. The summed E-state index contributed by atoms with van der Waals surface area (Å²) in [5, 5.41) is 12.9. The van der Waals surface area contributed by atoms with Gasteiger partial charge in [0.1, 0.15) is 5.82 Å². The zero-order valence-electron chi connectivity index (χ0n) is 13.1. The van der Waals surface area contributed by atoms with Crippen LogP contribution in [0.15, 0.2) is 48.5 Å². The molecule has 0 amide bonds. The summed E-state index contributed by atoms with van der Waals surface area (Å²) in [5.74, 6) is -0.292. The lowest BCUT2D eigenvalue weighted by molar-refractivity contribution is 0.282. The molecule has 5 heteroatoms. The number of hydrogen-bond acceptors (Lipinski definition) is 3. The number of aliphatic hydroxyl groups excluding tert-OH is 1. The fraction of sp³-hybridized carbons (Fsp3) is 0.105. The molecule has 0 aliphatic rings. The number of nitrogens with one attached hydrogen (secondary N) is 2. The molecule has 2 heterocycles. The van der Waals surface area contributed by atoms with Crippen molar-refractivity contribution in [1.82, 2.24) is 9.97 Å². The fourth-order valence-electron chi connectivity index (χ4n) is 2.93. The molecule has 0 saturated heterocycles. The maximum atomic E-state index is 13.7. The van der Waals surface area contributed by atoms with Gasteiger partial charge in [-0.2, -0.15) is 0 Å². The van der Waals surface area contributed by atoms with Gasteiger partial charge in [0, 0.05) is 18.1 Å². The van der Waals surface area contributed by atoms with E-state index >= 15 is 0 Å². The smallest absolute Gasteiger partial charge is 0.126 e. The van der Waals surface area contributed by atoms with Crippen molar-refractivity contribution in [1.29, 1.82) is 0 Å². The van der Waals surface area contributed by atoms with E-state index in [9.17, 15) is 4.39 Å². The number of halogens is 1. The van der Waals surface area contributed by atoms with Crippen LogP contribution in [0.3, 0.4) is 0 Å². The summed E-state index contributed by atoms with van der Waals surface area (Å²) in [6, 6.07) is 14.5. The van der Waals surface area contributed by atoms with E-state index in [0.29, 0.717) is 5.69 Å². The second kappa shape index (κ2) is 5.62. The van der Waals surface area contributed by atoms with Gasteiger partial charge in [0.15, 0.2) is 0 Å². The van der Waals surface area contributed by atoms with Crippen LogP contribution in [0.4, 0.5) is 10.1 Å². The van der Waals surface area contributed by atoms with Crippen molar-refractivity contribution in [2.75, 3.05) is 12.4 Å². The molecule has 0 radical (unpaired) electrons. The van der Waals surface area contributed by atoms with Gasteiger partial charge in [-0.3, -0.25) is 0 Å². The first-order valence-corrected chi connectivity index (χ1v) is 7.69. The average Bonchev–Trinajstić information content (AvgIpc) is 3.02. The minimum Gasteiger partial charge on any atom is -0.392 e. The molecule has 0 unspecified atom stereocenters. The van der Waals surface area contributed by atoms with Gasteiger partial charge in [0.05, 0.1) is 28.8 Å². The zero-order valence-corrected chi connectivity index (χ0v) is 13.1. The summed E-state index contributed by atoms with van der Waals surface area (Å²) in [6.07, 6.45) is 0. The minimum atomic E-state index is -0.292. The van der Waals surface area contributed by atoms with E-state index in [1.807, 2.05) is 36.4 Å². The summed E-state index contributed by atoms with van der Waals surface area (Å²) >= 11 is 0. The molecule has 2 aromatic carbocycles. The Balaban J connectivity index is 1.89. The van der Waals surface area contributed by atoms with Crippen molar-refractivity contribution < 1.29 is 9.50 Å². The second-order valence-electron chi connectivity index (χ2n) is 5.73. The van der Waals surface area contributed by atoms with E-state index in [0.717, 1.165) is 38.8 Å². The van der Waals surface area contributed by atoms with Gasteiger partial charge in [-0.1, -0.05) is 24.3 Å². The predicted octanol–water partition coefficient (Wildman–Crippen LogP) is 4.06. The maximum Gasteiger partial charge on any atom is 0.126 e. The SMILES string of the molecule is CNc1cc(F)cc2cc3[nH]c(-c4ccc(CO)cc4)cc3nc12. The van der Waals surface area contributed by atoms with E-state index in [2.05, 4.69) is 15.3 Å². The number of rotatable bonds is 3. The number of anilines is 1. The molecule has 0 spiro atoms. The molecule has 120 valence electrons. The van der Waals surface area contributed by atoms with Crippen LogP contribution in [0.1, 0.15) is 5.56 Å². The number of aliphatic hydroxyl groups is 1. The monoisotopic (exact) mass is 321 g/mol. The van der Waals surface area contributed by atoms with Crippen molar-refractivity contribution in [3.05, 3.63) is 59.9 Å². The van der Waals surface area contributed by atoms with Crippen molar-refractivity contribution in [3.63, 3.8) is 0 Å². The Kier molecular flexibility index (Phi) is 3.43. The molecule has 0 aliphatic carbocycles. The van der Waals surface area contributed by atoms with E-state index < -0.39 is 0 Å². The first-order chi connectivity index (χ1) is 11.7. The van der Waals surface area contributed by atoms with Crippen LogP contribution in [0.5, 0.6) is 0 Å². The Hall–Kier alpha value is -2.92. The number of nitrogens with zero attached hydrogens (tertiary/aromatic N) is 1. The molecule has 0 atom stereocenters. The molecule has 24 heavy (non-hydrogen) atoms. The molecule has 0 aliphatic heterocycles. The highest BCUT2D eigenvalue weighted by Crippen LogP contribution is 2.29. The van der Waals surface area contributed by atoms with Gasteiger partial charge in [0.2, 0.25) is 0 Å². The lowest BCUT2D eigenvalue weighted by atomic mass is 10.1. The van der Waals surface area contributed by atoms with Crippen molar-refractivity contribution in [3.8, 4) is 11.3 Å². The Morgan fingerprint density at radius 1 is 1.12 bits per heavy atom. The van der Waals surface area contributed by atoms with E-state index in [1.165, 1.54) is 12.1 Å². The third kappa shape index (κ3) is 2.39. The summed E-state index contributed by atoms with van der Waals surface area (Å²) in [4.78, 5) is 8.00. The van der Waals surface area contributed by atoms with Gasteiger partial charge >= 0.3 is 0 Å². The minimum absolute atomic E-state index is 0.0261. The van der Waals surface area contributed by atoms with Crippen LogP contribution >= 0.6 is 0 Å². The van der Waals surface area contributed by atoms with Crippen molar-refractivity contribution in [2.45, 2.75) is 6.61 Å². The predicted molar refractivity (Wildman–Crippen MR) is 94.5 cm³/mol. The highest BCUT2D eigenvalue weighted by atomic mass is 19.1. The van der Waals surface area contributed by atoms with Gasteiger partial charge in [-0.05, 0) is 35.4 Å². The van der Waals surface area contributed by atoms with Crippen molar-refractivity contribution in [2.24, 2.45) is 0 Å². The van der Waals surface area contributed by atoms with Crippen LogP contribution in [-0.2, 0) is 6.61 Å². The first kappa shape index (κ1) is 14.7. The lowest BCUT2D eigenvalue weighted by Gasteiger charge is -2.05. The second-order valence-corrected chi connectivity index (χ2v) is 5.73. The standard InChI is InChI=1S/C19H16FN3O/c1-21-18-8-14(20)6-13-7-16-17(23-19(13)18)9-15(22-16)12-4-2-11(10-24)3-5-12/h2-9,21-22,24H,10H2,1H3. The highest BCUT2D eigenvalue weighted by Gasteiger charge is 2.10. The summed E-state index contributed by atoms with van der Waals surface area (Å²) in [5.41, 5.74) is 5.91. The molecule has 4 aromatic rings. The Morgan fingerprint density at radius 3 is 2.62 bits per heavy atom. The summed E-state index contributed by atoms with van der Waals surface area (Å²) < 4.78 is 13.7. The van der Waals surface area contributed by atoms with E-state index in [1.54, 1.807) is 7.05 Å². The number of H-pyrrole nitrogens is 1. The van der Waals surface area contributed by atoms with Crippen molar-refractivity contribution >= 4 is 27.6 Å². The average molecular weight is 321 g/mol. The number of aromatic amines is 1. The van der Waals surface area contributed by atoms with Gasteiger partial charge < -0.3 is 15.4 Å². The van der Waals surface area contributed by atoms with Gasteiger partial charge in [-0.15, -0.1) is 0 Å². The van der Waals surface area contributed by atoms with Crippen LogP contribution in [0.25, 0.3) is 33.2 Å². The Labute approximate surface area is 138 Å². The van der Waals surface area contributed by atoms with Gasteiger partial charge in [-0.25, -0.2) is 9.37 Å². The molecular weight excluding hydrogens is 305 g/mol. The fourth-order valence-corrected chi connectivity index (χ4v) is 2.93. The van der Waals surface area contributed by atoms with Crippen LogP contribution in [-0.4, -0.2) is 22.1 Å². The molecule has 4 nitrogen and oxygen atoms in total. The Bertz CT molecular complexity index is 1040. The third-order valence-electron chi connectivity index (χ3n) is 4.18. The summed E-state index contributed by atoms with van der Waals surface area (Å²) in [6.45, 7) is 0.0261. The lowest BCUT2D eigenvalue weighted by Crippen LogP contribution is -1.93. The highest BCUT2D eigenvalue weighted by molar-refractivity contribution is 5.98. The molecule has 0 saturated carbocycles. The molecule has 0 fully saturated rings. The Morgan fingerprint density at radius 2 is 1.92 bits per heavy atom. The molecule has 2 aromatic heterocycles. The summed E-state index contributed by atoms with van der Waals surface area (Å²) in [7, 11) is 1.76. The number of fused-ring (bicyclic) bond motifs is 2. The van der Waals surface area contributed by atoms with Crippen LogP contribution in [0, 0.1) is 5.82 Å². The number of hydrogen-bond donors (Lipinski definition) is 3. The van der Waals surface area contributed by atoms with Gasteiger partial charge in [0.25, 0.3) is 0 Å². The quantitative estimate of drug-likeness (QED) is 0.533. The van der Waals surface area contributed by atoms with E-state index in [4.69, 9.17) is 5.11 Å². The van der Waals surface area contributed by atoms with Crippen LogP contribution < -0.4 is 5.32 Å². The zero-order chi connectivity index (χ0) is 16.7. The number of aromatic nitrogens is 2. The number of pyridine rings is 1. The molecule has 0 bridgehead atoms. The third-order valence-corrected chi connectivity index (χ3v) is 4.18. The molecule has 3 N–H and O–H groups in total. The number of benzene rings is 2. The maximum absolute atomic E-state index is 13.7. The normalized spacial score (nSPS) is 11.3. The topological polar surface area (TPSA) is 60.9 Å². The van der Waals surface area contributed by atoms with Crippen LogP contribution in [0.2, 0.25) is 0 Å². The molecule has 4 rings (SSSR count). The van der Waals surface area contributed by atoms with E-state index in [-0.39, 0.29) is 12.4 Å². The largest absolute Gasteiger partial charge is 0.392 e.